The first kappa shape index (κ1) is 12.4. The van der Waals surface area contributed by atoms with E-state index in [1.807, 2.05) is 0 Å². The molecule has 0 spiro atoms. The van der Waals surface area contributed by atoms with E-state index in [-0.39, 0.29) is 0 Å². The van der Waals surface area contributed by atoms with Gasteiger partial charge in [-0.25, -0.2) is 0 Å². The van der Waals surface area contributed by atoms with E-state index in [0.717, 1.165) is 0 Å². The van der Waals surface area contributed by atoms with E-state index >= 15 is 0 Å². The van der Waals surface area contributed by atoms with Crippen molar-refractivity contribution in [3.8, 4) is 0 Å². The van der Waals surface area contributed by atoms with Gasteiger partial charge in [0.25, 0.3) is 0 Å². The predicted octanol–water partition coefficient (Wildman–Crippen LogP) is 1.14. The summed E-state index contributed by atoms with van der Waals surface area (Å²) < 4.78 is 9.44. The van der Waals surface area contributed by atoms with Crippen LogP contribution in [0.2, 0.25) is 0 Å². The quantitative estimate of drug-likeness (QED) is 0.550. The Morgan fingerprint density at radius 3 is 1.69 bits per heavy atom. The topological polar surface area (TPSA) is 52.6 Å². The molecule has 0 aromatic carbocycles. The molecule has 4 nitrogen and oxygen atoms in total. The maximum atomic E-state index is 10.7. The molecular weight excluding hydrogens is 361 g/mol. The molecule has 0 aliphatic heterocycles. The van der Waals surface area contributed by atoms with Gasteiger partial charge in [-0.2, -0.15) is 0 Å². The normalized spacial score (nSPS) is 10.0. The van der Waals surface area contributed by atoms with E-state index in [9.17, 15) is 9.59 Å². The Morgan fingerprint density at radius 1 is 1.00 bits per heavy atom. The van der Waals surface area contributed by atoms with Gasteiger partial charge in [0.1, 0.15) is 0 Å². The van der Waals surface area contributed by atoms with Gasteiger partial charge < -0.3 is 0 Å². The Bertz CT molecular complexity index is 208. The molecule has 0 saturated heterocycles. The van der Waals surface area contributed by atoms with Crippen LogP contribution in [0.15, 0.2) is 24.3 Å². The zero-order valence-corrected chi connectivity index (χ0v) is 13.1. The average molecular weight is 371 g/mol. The number of carbonyl (C=O) groups excluding carboxylic acids is 2. The van der Waals surface area contributed by atoms with Gasteiger partial charge in [0.05, 0.1) is 0 Å². The van der Waals surface area contributed by atoms with E-state index in [0.29, 0.717) is 0 Å². The molecule has 0 unspecified atom stereocenters. The number of hydrogen-bond donors (Lipinski definition) is 0. The van der Waals surface area contributed by atoms with Gasteiger partial charge in [0, 0.05) is 0 Å². The summed E-state index contributed by atoms with van der Waals surface area (Å²) in [6, 6.07) is 0. The van der Waals surface area contributed by atoms with Gasteiger partial charge in [-0.1, -0.05) is 0 Å². The molecule has 0 radical (unpaired) electrons. The van der Waals surface area contributed by atoms with Gasteiger partial charge in [-0.05, 0) is 0 Å². The minimum atomic E-state index is -2.23. The molecular formula is C8H10HgO4. The van der Waals surface area contributed by atoms with Gasteiger partial charge in [-0.15, -0.1) is 0 Å². The third-order valence-electron chi connectivity index (χ3n) is 1.01. The van der Waals surface area contributed by atoms with Crippen molar-refractivity contribution in [3.63, 3.8) is 0 Å². The van der Waals surface area contributed by atoms with Crippen LogP contribution in [0.3, 0.4) is 0 Å². The Labute approximate surface area is 90.4 Å². The van der Waals surface area contributed by atoms with Crippen molar-refractivity contribution in [2.45, 2.75) is 13.8 Å². The summed E-state index contributed by atoms with van der Waals surface area (Å²) >= 11 is -2.23. The van der Waals surface area contributed by atoms with Crippen molar-refractivity contribution in [2.75, 3.05) is 0 Å². The summed E-state index contributed by atoms with van der Waals surface area (Å²) in [6.45, 7) is 3.42. The first-order valence-corrected chi connectivity index (χ1v) is 8.28. The van der Waals surface area contributed by atoms with Gasteiger partial charge in [0.15, 0.2) is 0 Å². The van der Waals surface area contributed by atoms with Crippen molar-refractivity contribution < 1.29 is 40.4 Å². The second-order valence-electron chi connectivity index (χ2n) is 2.04. The second kappa shape index (κ2) is 7.98. The third-order valence-corrected chi connectivity index (χ3v) is 4.14. The monoisotopic (exact) mass is 372 g/mol. The second-order valence-corrected chi connectivity index (χ2v) is 5.21. The molecule has 0 atom stereocenters. The van der Waals surface area contributed by atoms with E-state index < -0.39 is 37.4 Å². The van der Waals surface area contributed by atoms with Crippen molar-refractivity contribution >= 4 is 11.9 Å². The molecule has 0 saturated carbocycles. The molecule has 0 aromatic heterocycles. The van der Waals surface area contributed by atoms with Gasteiger partial charge >= 0.3 is 90.5 Å². The van der Waals surface area contributed by atoms with Crippen LogP contribution in [0.1, 0.15) is 13.8 Å². The number of allylic oxidation sites excluding steroid dienone is 2. The van der Waals surface area contributed by atoms with E-state index in [1.165, 1.54) is 12.2 Å². The molecule has 0 aromatic rings. The maximum absolute atomic E-state index is 10.7. The fourth-order valence-electron chi connectivity index (χ4n) is 0.514. The van der Waals surface area contributed by atoms with Gasteiger partial charge in [-0.3, -0.25) is 0 Å². The fraction of sp³-hybridized carbons (Fsp3) is 0.250. The molecule has 0 fully saturated rings. The fourth-order valence-corrected chi connectivity index (χ4v) is 2.39. The Balaban J connectivity index is 3.56. The zero-order valence-electron chi connectivity index (χ0n) is 7.65. The van der Waals surface area contributed by atoms with Crippen molar-refractivity contribution in [3.05, 3.63) is 24.3 Å². The summed E-state index contributed by atoms with van der Waals surface area (Å²) in [5.41, 5.74) is 0. The van der Waals surface area contributed by atoms with Crippen LogP contribution in [0.5, 0.6) is 0 Å². The summed E-state index contributed by atoms with van der Waals surface area (Å²) in [7, 11) is 0. The van der Waals surface area contributed by atoms with E-state index in [1.54, 1.807) is 26.0 Å². The van der Waals surface area contributed by atoms with Crippen LogP contribution in [0.4, 0.5) is 0 Å². The van der Waals surface area contributed by atoms with Crippen LogP contribution in [0, 0.1) is 0 Å². The molecule has 0 aliphatic rings. The van der Waals surface area contributed by atoms with Crippen molar-refractivity contribution in [1.82, 2.24) is 0 Å². The Kier molecular flexibility index (Phi) is 7.58. The Morgan fingerprint density at radius 2 is 1.38 bits per heavy atom. The summed E-state index contributed by atoms with van der Waals surface area (Å²) in [5.74, 6) is -0.866. The molecule has 0 heterocycles. The Hall–Kier alpha value is -0.645. The zero-order chi connectivity index (χ0) is 10.1. The molecule has 0 bridgehead atoms. The first-order valence-electron chi connectivity index (χ1n) is 3.79. The molecule has 0 amide bonds. The van der Waals surface area contributed by atoms with Gasteiger partial charge in [0.2, 0.25) is 0 Å². The molecule has 0 aliphatic carbocycles. The van der Waals surface area contributed by atoms with Crippen LogP contribution in [-0.4, -0.2) is 11.9 Å². The summed E-state index contributed by atoms with van der Waals surface area (Å²) in [5, 5.41) is 0. The van der Waals surface area contributed by atoms with Crippen molar-refractivity contribution in [1.29, 1.82) is 0 Å². The van der Waals surface area contributed by atoms with Crippen LogP contribution >= 0.6 is 0 Å². The number of hydrogen-bond acceptors (Lipinski definition) is 4. The third kappa shape index (κ3) is 7.71. The molecule has 0 rings (SSSR count). The van der Waals surface area contributed by atoms with Crippen LogP contribution < -0.4 is 0 Å². The van der Waals surface area contributed by atoms with Crippen LogP contribution in [0.25, 0.3) is 0 Å². The predicted molar refractivity (Wildman–Crippen MR) is 41.8 cm³/mol. The molecule has 68 valence electrons. The molecule has 0 N–H and O–H groups in total. The molecule has 13 heavy (non-hydrogen) atoms. The molecule has 5 heteroatoms. The SMILES string of the molecule is C/C=C/C(=O)[O][Hg][O]C(=O)/C=C/C. The van der Waals surface area contributed by atoms with Crippen molar-refractivity contribution in [2.24, 2.45) is 0 Å². The summed E-state index contributed by atoms with van der Waals surface area (Å²) in [6.07, 6.45) is 5.74. The average Bonchev–Trinajstić information content (AvgIpc) is 2.05. The standard InChI is InChI=1S/2C4H6O2.Hg/c2*1-2-3-4(5)6;/h2*2-3H,1H3,(H,5,6);/q;;+2/p-2/b2*3-2+;. The van der Waals surface area contributed by atoms with E-state index in [4.69, 9.17) is 5.29 Å². The summed E-state index contributed by atoms with van der Waals surface area (Å²) in [4.78, 5) is 21.4. The van der Waals surface area contributed by atoms with Crippen LogP contribution in [-0.2, 0) is 40.4 Å². The number of rotatable bonds is 4. The first-order chi connectivity index (χ1) is 6.20. The number of carbonyl (C=O) groups is 2. The van der Waals surface area contributed by atoms with E-state index in [2.05, 4.69) is 0 Å². The minimum absolute atomic E-state index is 0.433.